The first-order chi connectivity index (χ1) is 7.91. The van der Waals surface area contributed by atoms with Crippen molar-refractivity contribution in [2.45, 2.75) is 77.0 Å². The molecule has 0 radical (unpaired) electrons. The summed E-state index contributed by atoms with van der Waals surface area (Å²) in [5.41, 5.74) is -0.666. The molecule has 0 spiro atoms. The van der Waals surface area contributed by atoms with Gasteiger partial charge in [-0.1, -0.05) is 33.1 Å². The Balaban J connectivity index is 2.37. The Labute approximate surface area is 106 Å². The Hall–Kier alpha value is -0.120. The highest BCUT2D eigenvalue weighted by atomic mass is 16.3. The zero-order valence-corrected chi connectivity index (χ0v) is 11.6. The third kappa shape index (κ3) is 5.84. The van der Waals surface area contributed by atoms with E-state index in [4.69, 9.17) is 0 Å². The van der Waals surface area contributed by atoms with E-state index in [9.17, 15) is 10.2 Å². The van der Waals surface area contributed by atoms with Gasteiger partial charge in [0.05, 0.1) is 11.7 Å². The third-order valence-electron chi connectivity index (χ3n) is 3.57. The van der Waals surface area contributed by atoms with Gasteiger partial charge in [0.2, 0.25) is 0 Å². The Morgan fingerprint density at radius 3 is 2.53 bits per heavy atom. The van der Waals surface area contributed by atoms with Gasteiger partial charge in [0.1, 0.15) is 0 Å². The number of aliphatic hydroxyl groups excluding tert-OH is 1. The van der Waals surface area contributed by atoms with Gasteiger partial charge in [-0.25, -0.2) is 0 Å². The molecule has 3 N–H and O–H groups in total. The highest BCUT2D eigenvalue weighted by Gasteiger charge is 2.26. The first-order valence-electron chi connectivity index (χ1n) is 7.04. The normalized spacial score (nSPS) is 30.0. The highest BCUT2D eigenvalue weighted by molar-refractivity contribution is 4.84. The molecule has 1 rings (SSSR count). The standard InChI is InChI=1S/C14H29NO2/c1-11(2)9-14(3,17)10-15-12-7-5-4-6-8-13(12)16/h11-13,15-17H,4-10H2,1-3H3. The molecule has 102 valence electrons. The molecule has 3 unspecified atom stereocenters. The second kappa shape index (κ2) is 6.72. The summed E-state index contributed by atoms with van der Waals surface area (Å²) in [5, 5.41) is 23.6. The van der Waals surface area contributed by atoms with E-state index in [2.05, 4.69) is 19.2 Å². The maximum atomic E-state index is 10.2. The summed E-state index contributed by atoms with van der Waals surface area (Å²) in [6, 6.07) is 0.163. The zero-order chi connectivity index (χ0) is 12.9. The lowest BCUT2D eigenvalue weighted by molar-refractivity contribution is 0.0271. The number of nitrogens with one attached hydrogen (secondary N) is 1. The molecule has 3 nitrogen and oxygen atoms in total. The van der Waals surface area contributed by atoms with Crippen molar-refractivity contribution < 1.29 is 10.2 Å². The maximum Gasteiger partial charge on any atom is 0.0746 e. The van der Waals surface area contributed by atoms with Gasteiger partial charge in [0.15, 0.2) is 0 Å². The monoisotopic (exact) mass is 243 g/mol. The van der Waals surface area contributed by atoms with Gasteiger partial charge in [-0.05, 0) is 32.1 Å². The maximum absolute atomic E-state index is 10.2. The van der Waals surface area contributed by atoms with Crippen LogP contribution in [0.15, 0.2) is 0 Å². The van der Waals surface area contributed by atoms with Crippen LogP contribution in [0.3, 0.4) is 0 Å². The van der Waals surface area contributed by atoms with Crippen LogP contribution in [0.25, 0.3) is 0 Å². The van der Waals surface area contributed by atoms with E-state index in [0.717, 1.165) is 25.7 Å². The summed E-state index contributed by atoms with van der Waals surface area (Å²) >= 11 is 0. The van der Waals surface area contributed by atoms with Crippen molar-refractivity contribution in [3.05, 3.63) is 0 Å². The molecular formula is C14H29NO2. The third-order valence-corrected chi connectivity index (χ3v) is 3.57. The van der Waals surface area contributed by atoms with E-state index in [0.29, 0.717) is 12.5 Å². The number of hydrogen-bond acceptors (Lipinski definition) is 3. The molecule has 0 aromatic carbocycles. The molecule has 0 aliphatic heterocycles. The lowest BCUT2D eigenvalue weighted by atomic mass is 9.93. The molecule has 0 amide bonds. The van der Waals surface area contributed by atoms with E-state index >= 15 is 0 Å². The van der Waals surface area contributed by atoms with Crippen LogP contribution in [0, 0.1) is 5.92 Å². The minimum Gasteiger partial charge on any atom is -0.392 e. The predicted octanol–water partition coefficient (Wildman–Crippen LogP) is 2.07. The highest BCUT2D eigenvalue weighted by Crippen LogP contribution is 2.20. The topological polar surface area (TPSA) is 52.5 Å². The van der Waals surface area contributed by atoms with Crippen LogP contribution in [0.2, 0.25) is 0 Å². The largest absolute Gasteiger partial charge is 0.392 e. The summed E-state index contributed by atoms with van der Waals surface area (Å²) in [4.78, 5) is 0. The molecule has 1 aliphatic carbocycles. The van der Waals surface area contributed by atoms with Gasteiger partial charge in [-0.2, -0.15) is 0 Å². The fraction of sp³-hybridized carbons (Fsp3) is 1.00. The van der Waals surface area contributed by atoms with Crippen LogP contribution in [0.4, 0.5) is 0 Å². The van der Waals surface area contributed by atoms with Crippen LogP contribution in [-0.4, -0.2) is 34.5 Å². The number of rotatable bonds is 5. The molecule has 1 saturated carbocycles. The average molecular weight is 243 g/mol. The van der Waals surface area contributed by atoms with Crippen LogP contribution in [0.1, 0.15) is 59.3 Å². The molecule has 0 heterocycles. The van der Waals surface area contributed by atoms with Gasteiger partial charge in [-0.15, -0.1) is 0 Å². The van der Waals surface area contributed by atoms with E-state index < -0.39 is 5.60 Å². The van der Waals surface area contributed by atoms with Crippen LogP contribution >= 0.6 is 0 Å². The van der Waals surface area contributed by atoms with E-state index in [1.165, 1.54) is 12.8 Å². The van der Waals surface area contributed by atoms with Crippen LogP contribution in [-0.2, 0) is 0 Å². The van der Waals surface area contributed by atoms with E-state index in [1.807, 2.05) is 6.92 Å². The molecule has 3 heteroatoms. The second-order valence-corrected chi connectivity index (χ2v) is 6.29. The molecule has 0 aromatic rings. The van der Waals surface area contributed by atoms with Gasteiger partial charge < -0.3 is 15.5 Å². The van der Waals surface area contributed by atoms with Crippen LogP contribution in [0.5, 0.6) is 0 Å². The van der Waals surface area contributed by atoms with Crippen LogP contribution < -0.4 is 5.32 Å². The van der Waals surface area contributed by atoms with Crippen molar-refractivity contribution in [1.82, 2.24) is 5.32 Å². The number of hydrogen-bond donors (Lipinski definition) is 3. The van der Waals surface area contributed by atoms with E-state index in [1.54, 1.807) is 0 Å². The summed E-state index contributed by atoms with van der Waals surface area (Å²) < 4.78 is 0. The number of aliphatic hydroxyl groups is 2. The first-order valence-corrected chi connectivity index (χ1v) is 7.04. The summed E-state index contributed by atoms with van der Waals surface area (Å²) in [7, 11) is 0. The quantitative estimate of drug-likeness (QED) is 0.648. The smallest absolute Gasteiger partial charge is 0.0746 e. The summed E-state index contributed by atoms with van der Waals surface area (Å²) in [6.45, 7) is 6.69. The Morgan fingerprint density at radius 1 is 1.24 bits per heavy atom. The molecular weight excluding hydrogens is 214 g/mol. The van der Waals surface area contributed by atoms with Crippen molar-refractivity contribution in [1.29, 1.82) is 0 Å². The minimum absolute atomic E-state index is 0.163. The van der Waals surface area contributed by atoms with Crippen molar-refractivity contribution in [3.63, 3.8) is 0 Å². The Kier molecular flexibility index (Phi) is 5.90. The van der Waals surface area contributed by atoms with Gasteiger partial charge in [0.25, 0.3) is 0 Å². The van der Waals surface area contributed by atoms with E-state index in [-0.39, 0.29) is 12.1 Å². The minimum atomic E-state index is -0.666. The zero-order valence-electron chi connectivity index (χ0n) is 11.6. The molecule has 0 aromatic heterocycles. The summed E-state index contributed by atoms with van der Waals surface area (Å²) in [6.07, 6.45) is 6.00. The first kappa shape index (κ1) is 14.9. The Bertz CT molecular complexity index is 216. The van der Waals surface area contributed by atoms with Gasteiger partial charge in [-0.3, -0.25) is 0 Å². The average Bonchev–Trinajstić information content (AvgIpc) is 2.38. The van der Waals surface area contributed by atoms with Gasteiger partial charge in [0, 0.05) is 12.6 Å². The van der Waals surface area contributed by atoms with Crippen molar-refractivity contribution in [2.75, 3.05) is 6.54 Å². The molecule has 17 heavy (non-hydrogen) atoms. The lowest BCUT2D eigenvalue weighted by Gasteiger charge is -2.30. The molecule has 0 saturated heterocycles. The fourth-order valence-corrected chi connectivity index (χ4v) is 2.83. The van der Waals surface area contributed by atoms with Crippen molar-refractivity contribution in [3.8, 4) is 0 Å². The molecule has 1 aliphatic rings. The molecule has 0 bridgehead atoms. The second-order valence-electron chi connectivity index (χ2n) is 6.29. The Morgan fingerprint density at radius 2 is 1.88 bits per heavy atom. The van der Waals surface area contributed by atoms with Gasteiger partial charge >= 0.3 is 0 Å². The fourth-order valence-electron chi connectivity index (χ4n) is 2.83. The SMILES string of the molecule is CC(C)CC(C)(O)CNC1CCCCCC1O. The molecule has 3 atom stereocenters. The predicted molar refractivity (Wildman–Crippen MR) is 71.0 cm³/mol. The summed E-state index contributed by atoms with van der Waals surface area (Å²) in [5.74, 6) is 0.492. The van der Waals surface area contributed by atoms with Crippen molar-refractivity contribution >= 4 is 0 Å². The lowest BCUT2D eigenvalue weighted by Crippen LogP contribution is -2.47. The van der Waals surface area contributed by atoms with Crippen molar-refractivity contribution in [2.24, 2.45) is 5.92 Å². The molecule has 1 fully saturated rings.